The van der Waals surface area contributed by atoms with Crippen molar-refractivity contribution in [2.24, 2.45) is 5.92 Å². The first kappa shape index (κ1) is 21.6. The Morgan fingerprint density at radius 1 is 1.43 bits per heavy atom. The van der Waals surface area contributed by atoms with Gasteiger partial charge >= 0.3 is 11.9 Å². The highest BCUT2D eigenvalue weighted by atomic mass is 32.1. The molecule has 0 fully saturated rings. The van der Waals surface area contributed by atoms with E-state index in [0.29, 0.717) is 29.3 Å². The van der Waals surface area contributed by atoms with Gasteiger partial charge in [-0.25, -0.2) is 4.79 Å². The molecule has 0 bridgehead atoms. The fourth-order valence-electron chi connectivity index (χ4n) is 3.53. The minimum atomic E-state index is -1.07. The first-order chi connectivity index (χ1) is 14.2. The van der Waals surface area contributed by atoms with E-state index in [0.717, 1.165) is 23.3 Å². The summed E-state index contributed by atoms with van der Waals surface area (Å²) in [7, 11) is 0. The zero-order valence-corrected chi connectivity index (χ0v) is 17.3. The number of nitrogens with one attached hydrogen (secondary N) is 3. The van der Waals surface area contributed by atoms with Crippen LogP contribution >= 0.6 is 11.3 Å². The molecule has 0 saturated carbocycles. The van der Waals surface area contributed by atoms with Crippen molar-refractivity contribution >= 4 is 40.0 Å². The first-order valence-electron chi connectivity index (χ1n) is 9.66. The molecule has 0 aromatic carbocycles. The minimum absolute atomic E-state index is 0.0111. The molecular weight excluding hydrogens is 410 g/mol. The predicted molar refractivity (Wildman–Crippen MR) is 114 cm³/mol. The largest absolute Gasteiger partial charge is 0.481 e. The van der Waals surface area contributed by atoms with Crippen LogP contribution in [0, 0.1) is 12.8 Å². The molecule has 2 aromatic rings. The number of aryl methyl sites for hydroxylation is 2. The number of carboxylic acids is 2. The van der Waals surface area contributed by atoms with Crippen LogP contribution in [-0.2, 0) is 22.4 Å². The molecule has 11 heteroatoms. The molecule has 1 unspecified atom stereocenters. The minimum Gasteiger partial charge on any atom is -0.481 e. The van der Waals surface area contributed by atoms with Gasteiger partial charge in [0.05, 0.1) is 10.6 Å². The van der Waals surface area contributed by atoms with Gasteiger partial charge < -0.3 is 26.6 Å². The molecule has 2 aromatic heterocycles. The number of hydrogen-bond acceptors (Lipinski definition) is 8. The zero-order valence-electron chi connectivity index (χ0n) is 16.5. The third-order valence-corrected chi connectivity index (χ3v) is 6.37. The molecule has 0 aliphatic carbocycles. The number of H-pyrrole nitrogens is 1. The highest BCUT2D eigenvalue weighted by Crippen LogP contribution is 2.31. The van der Waals surface area contributed by atoms with Crippen molar-refractivity contribution < 1.29 is 19.8 Å². The number of anilines is 3. The van der Waals surface area contributed by atoms with Crippen molar-refractivity contribution in [2.45, 2.75) is 45.1 Å². The summed E-state index contributed by atoms with van der Waals surface area (Å²) in [5.74, 6) is -1.18. The summed E-state index contributed by atoms with van der Waals surface area (Å²) in [6.07, 6.45) is 2.08. The molecule has 0 amide bonds. The Morgan fingerprint density at radius 2 is 2.20 bits per heavy atom. The predicted octanol–water partition coefficient (Wildman–Crippen LogP) is 1.67. The third-order valence-electron chi connectivity index (χ3n) is 5.15. The number of aromatic amines is 1. The SMILES string of the molecule is Cc1cc(N[C@@H](CCC(=O)O)C(=O)O)sc1CCC1CNc2nc(N)[nH]c(=O)c2C1. The van der Waals surface area contributed by atoms with Gasteiger partial charge in [-0.2, -0.15) is 4.98 Å². The Labute approximate surface area is 176 Å². The van der Waals surface area contributed by atoms with Crippen LogP contribution in [0.1, 0.15) is 35.3 Å². The fraction of sp³-hybridized carbons (Fsp3) is 0.474. The molecule has 3 rings (SSSR count). The quantitative estimate of drug-likeness (QED) is 0.343. The molecule has 7 N–H and O–H groups in total. The molecule has 162 valence electrons. The van der Waals surface area contributed by atoms with E-state index in [4.69, 9.17) is 10.8 Å². The van der Waals surface area contributed by atoms with Gasteiger partial charge in [0.15, 0.2) is 0 Å². The van der Waals surface area contributed by atoms with Gasteiger partial charge in [-0.05, 0) is 50.2 Å². The molecule has 0 radical (unpaired) electrons. The first-order valence-corrected chi connectivity index (χ1v) is 10.5. The number of aliphatic carboxylic acids is 2. The molecule has 0 saturated heterocycles. The van der Waals surface area contributed by atoms with E-state index in [9.17, 15) is 19.5 Å². The van der Waals surface area contributed by atoms with Crippen molar-refractivity contribution in [3.05, 3.63) is 32.4 Å². The number of fused-ring (bicyclic) bond motifs is 1. The van der Waals surface area contributed by atoms with Crippen molar-refractivity contribution in [3.8, 4) is 0 Å². The van der Waals surface area contributed by atoms with E-state index in [1.807, 2.05) is 13.0 Å². The Bertz CT molecular complexity index is 1000. The van der Waals surface area contributed by atoms with Gasteiger partial charge in [-0.15, -0.1) is 11.3 Å². The summed E-state index contributed by atoms with van der Waals surface area (Å²) in [5.41, 5.74) is 7.04. The van der Waals surface area contributed by atoms with Crippen LogP contribution in [0.3, 0.4) is 0 Å². The normalized spacial score (nSPS) is 16.4. The number of rotatable bonds is 9. The average Bonchev–Trinajstić information content (AvgIpc) is 3.02. The van der Waals surface area contributed by atoms with Crippen LogP contribution in [0.5, 0.6) is 0 Å². The van der Waals surface area contributed by atoms with Crippen LogP contribution < -0.4 is 21.9 Å². The third kappa shape index (κ3) is 5.29. The molecule has 1 aliphatic rings. The fourth-order valence-corrected chi connectivity index (χ4v) is 4.67. The summed E-state index contributed by atoms with van der Waals surface area (Å²) in [6, 6.07) is 0.945. The summed E-state index contributed by atoms with van der Waals surface area (Å²) in [6.45, 7) is 2.67. The van der Waals surface area contributed by atoms with Crippen LogP contribution in [0.25, 0.3) is 0 Å². The molecule has 30 heavy (non-hydrogen) atoms. The van der Waals surface area contributed by atoms with Gasteiger partial charge in [-0.3, -0.25) is 14.6 Å². The Morgan fingerprint density at radius 3 is 2.90 bits per heavy atom. The number of hydrogen-bond donors (Lipinski definition) is 6. The maximum atomic E-state index is 12.1. The number of carbonyl (C=O) groups is 2. The van der Waals surface area contributed by atoms with Gasteiger partial charge in [0, 0.05) is 17.8 Å². The summed E-state index contributed by atoms with van der Waals surface area (Å²) >= 11 is 1.48. The summed E-state index contributed by atoms with van der Waals surface area (Å²) in [5, 5.41) is 24.9. The standard InChI is InChI=1S/C19H25N5O5S/c1-9-6-14(22-12(18(28)29)3-5-15(25)26)30-13(9)4-2-10-7-11-16(21-8-10)23-19(20)24-17(11)27/h6,10,12,22H,2-5,7-8H2,1H3,(H,25,26)(H,28,29)(H4,20,21,23,24,27)/t10?,12-/m0/s1. The van der Waals surface area contributed by atoms with E-state index < -0.39 is 18.0 Å². The lowest BCUT2D eigenvalue weighted by atomic mass is 9.92. The van der Waals surface area contributed by atoms with Crippen LogP contribution in [-0.4, -0.2) is 44.7 Å². The highest BCUT2D eigenvalue weighted by molar-refractivity contribution is 7.16. The molecule has 1 aliphatic heterocycles. The number of nitrogens with zero attached hydrogens (tertiary/aromatic N) is 1. The molecular formula is C19H25N5O5S. The summed E-state index contributed by atoms with van der Waals surface area (Å²) in [4.78, 5) is 42.0. The monoisotopic (exact) mass is 435 g/mol. The smallest absolute Gasteiger partial charge is 0.326 e. The Balaban J connectivity index is 1.60. The van der Waals surface area contributed by atoms with Crippen molar-refractivity contribution in [1.82, 2.24) is 9.97 Å². The zero-order chi connectivity index (χ0) is 21.8. The van der Waals surface area contributed by atoms with E-state index in [2.05, 4.69) is 20.6 Å². The molecule has 10 nitrogen and oxygen atoms in total. The van der Waals surface area contributed by atoms with E-state index in [1.165, 1.54) is 11.3 Å². The lowest BCUT2D eigenvalue weighted by molar-refractivity contribution is -0.139. The Kier molecular flexibility index (Phi) is 6.60. The van der Waals surface area contributed by atoms with Crippen molar-refractivity contribution in [2.75, 3.05) is 22.9 Å². The van der Waals surface area contributed by atoms with Crippen LogP contribution in [0.4, 0.5) is 16.8 Å². The van der Waals surface area contributed by atoms with E-state index >= 15 is 0 Å². The number of nitrogens with two attached hydrogens (primary N) is 1. The van der Waals surface area contributed by atoms with Gasteiger partial charge in [-0.1, -0.05) is 0 Å². The van der Waals surface area contributed by atoms with Crippen molar-refractivity contribution in [3.63, 3.8) is 0 Å². The second-order valence-corrected chi connectivity index (χ2v) is 8.59. The second kappa shape index (κ2) is 9.16. The van der Waals surface area contributed by atoms with Gasteiger partial charge in [0.2, 0.25) is 5.95 Å². The molecule has 2 atom stereocenters. The number of aromatic nitrogens is 2. The lowest BCUT2D eigenvalue weighted by Crippen LogP contribution is -2.30. The van der Waals surface area contributed by atoms with E-state index in [1.54, 1.807) is 0 Å². The van der Waals surface area contributed by atoms with Gasteiger partial charge in [0.25, 0.3) is 5.56 Å². The van der Waals surface area contributed by atoms with E-state index in [-0.39, 0.29) is 30.3 Å². The van der Waals surface area contributed by atoms with Gasteiger partial charge in [0.1, 0.15) is 11.9 Å². The molecule has 0 spiro atoms. The average molecular weight is 436 g/mol. The topological polar surface area (TPSA) is 170 Å². The lowest BCUT2D eigenvalue weighted by Gasteiger charge is -2.24. The summed E-state index contributed by atoms with van der Waals surface area (Å²) < 4.78 is 0. The second-order valence-electron chi connectivity index (χ2n) is 7.45. The highest BCUT2D eigenvalue weighted by Gasteiger charge is 2.23. The Hall–Kier alpha value is -3.08. The number of carboxylic acid groups (broad SMARTS) is 2. The molecule has 3 heterocycles. The van der Waals surface area contributed by atoms with Crippen LogP contribution in [0.15, 0.2) is 10.9 Å². The number of thiophene rings is 1. The van der Waals surface area contributed by atoms with Crippen LogP contribution in [0.2, 0.25) is 0 Å². The maximum absolute atomic E-state index is 12.1. The maximum Gasteiger partial charge on any atom is 0.326 e. The van der Waals surface area contributed by atoms with Crippen molar-refractivity contribution in [1.29, 1.82) is 0 Å². The number of nitrogen functional groups attached to an aromatic ring is 1.